The number of carbonyl (C=O) groups is 2. The molecule has 15 heteroatoms. The monoisotopic (exact) mass is 527 g/mol. The maximum Gasteiger partial charge on any atom is 0.418 e. The number of aromatic nitrogens is 4. The van der Waals surface area contributed by atoms with E-state index in [0.29, 0.717) is 0 Å². The number of alkyl halides is 6. The lowest BCUT2D eigenvalue weighted by molar-refractivity contribution is -0.136. The minimum Gasteiger partial charge on any atom is -0.382 e. The number of halogens is 6. The molecule has 3 N–H and O–H groups in total. The van der Waals surface area contributed by atoms with Crippen molar-refractivity contribution in [2.24, 2.45) is 5.92 Å². The zero-order valence-corrected chi connectivity index (χ0v) is 19.1. The van der Waals surface area contributed by atoms with Crippen LogP contribution in [0.2, 0.25) is 0 Å². The molecule has 2 aliphatic rings. The molecule has 3 aromatic heterocycles. The molecule has 5 rings (SSSR count). The van der Waals surface area contributed by atoms with Gasteiger partial charge in [-0.2, -0.15) is 18.3 Å². The zero-order chi connectivity index (χ0) is 26.9. The van der Waals surface area contributed by atoms with Crippen LogP contribution in [0.15, 0.2) is 24.7 Å². The molecule has 0 spiro atoms. The van der Waals surface area contributed by atoms with Crippen molar-refractivity contribution >= 4 is 23.1 Å². The summed E-state index contributed by atoms with van der Waals surface area (Å²) in [6.07, 6.45) is -4.83. The second kappa shape index (κ2) is 8.31. The molecule has 0 radical (unpaired) electrons. The molecule has 2 amide bonds. The Bertz CT molecular complexity index is 1420. The normalized spacial score (nSPS) is 22.9. The first-order chi connectivity index (χ1) is 17.3. The summed E-state index contributed by atoms with van der Waals surface area (Å²) in [5.41, 5.74) is 4.29. The van der Waals surface area contributed by atoms with Crippen LogP contribution < -0.4 is 11.1 Å². The Labute approximate surface area is 204 Å². The summed E-state index contributed by atoms with van der Waals surface area (Å²) < 4.78 is 82.9. The van der Waals surface area contributed by atoms with E-state index >= 15 is 0 Å². The van der Waals surface area contributed by atoms with E-state index in [1.807, 2.05) is 0 Å². The third-order valence-corrected chi connectivity index (χ3v) is 6.52. The quantitative estimate of drug-likeness (QED) is 0.504. The summed E-state index contributed by atoms with van der Waals surface area (Å²) in [7, 11) is 0. The largest absolute Gasteiger partial charge is 0.418 e. The topological polar surface area (TPSA) is 119 Å². The molecule has 0 aromatic carbocycles. The van der Waals surface area contributed by atoms with E-state index in [4.69, 9.17) is 5.73 Å². The lowest BCUT2D eigenvalue weighted by atomic mass is 10.1. The smallest absolute Gasteiger partial charge is 0.382 e. The number of carbonyl (C=O) groups excluding carboxylic acids is 2. The number of hydrogen-bond donors (Lipinski definition) is 2. The van der Waals surface area contributed by atoms with Crippen LogP contribution in [0.25, 0.3) is 16.8 Å². The van der Waals surface area contributed by atoms with Gasteiger partial charge in [0, 0.05) is 24.7 Å². The van der Waals surface area contributed by atoms with Crippen LogP contribution in [0.3, 0.4) is 0 Å². The van der Waals surface area contributed by atoms with E-state index in [1.54, 1.807) is 0 Å². The van der Waals surface area contributed by atoms with Gasteiger partial charge in [0.2, 0.25) is 5.91 Å². The molecule has 4 heterocycles. The standard InChI is InChI=1S/C22H19F6N7O2/c1-9-11(19(36)33-15-7-34(6-14(15)23)20(37)13-4-21(13,24)25)2-10(5-30-9)16-3-12(22(26,27)28)17-18(29)31-8-32-35(16)17/h2-3,5,8,13-15H,4,6-7H2,1H3,(H,33,36)(H2,29,31,32)/t13?,14-,15+/m0/s1. The molecular formula is C22H19F6N7O2. The maximum atomic E-state index is 14.6. The molecule has 3 atom stereocenters. The zero-order valence-electron chi connectivity index (χ0n) is 19.1. The highest BCUT2D eigenvalue weighted by atomic mass is 19.4. The van der Waals surface area contributed by atoms with E-state index in [2.05, 4.69) is 20.4 Å². The van der Waals surface area contributed by atoms with Crippen LogP contribution in [0.1, 0.15) is 28.0 Å². The molecule has 2 fully saturated rings. The molecule has 1 saturated carbocycles. The lowest BCUT2D eigenvalue weighted by Crippen LogP contribution is -2.42. The van der Waals surface area contributed by atoms with E-state index in [1.165, 1.54) is 19.2 Å². The fourth-order valence-electron chi connectivity index (χ4n) is 4.42. The molecule has 1 aliphatic carbocycles. The van der Waals surface area contributed by atoms with Crippen molar-refractivity contribution in [1.82, 2.24) is 29.8 Å². The molecule has 9 nitrogen and oxygen atoms in total. The first-order valence-corrected chi connectivity index (χ1v) is 11.1. The van der Waals surface area contributed by atoms with Gasteiger partial charge < -0.3 is 16.0 Å². The molecule has 1 unspecified atom stereocenters. The highest BCUT2D eigenvalue weighted by Crippen LogP contribution is 2.49. The number of nitrogens with zero attached hydrogens (tertiary/aromatic N) is 5. The van der Waals surface area contributed by atoms with Crippen molar-refractivity contribution < 1.29 is 35.9 Å². The first-order valence-electron chi connectivity index (χ1n) is 11.1. The van der Waals surface area contributed by atoms with Crippen molar-refractivity contribution in [3.63, 3.8) is 0 Å². The second-order valence-electron chi connectivity index (χ2n) is 9.06. The van der Waals surface area contributed by atoms with Gasteiger partial charge in [-0.05, 0) is 19.1 Å². The predicted octanol–water partition coefficient (Wildman–Crippen LogP) is 2.63. The van der Waals surface area contributed by atoms with E-state index in [-0.39, 0.29) is 29.1 Å². The number of rotatable bonds is 4. The van der Waals surface area contributed by atoms with E-state index in [0.717, 1.165) is 21.8 Å². The molecule has 37 heavy (non-hydrogen) atoms. The minimum atomic E-state index is -4.77. The number of amides is 2. The molecular weight excluding hydrogens is 508 g/mol. The van der Waals surface area contributed by atoms with Gasteiger partial charge in [-0.3, -0.25) is 14.6 Å². The Hall–Kier alpha value is -3.91. The summed E-state index contributed by atoms with van der Waals surface area (Å²) in [4.78, 5) is 33.8. The van der Waals surface area contributed by atoms with Gasteiger partial charge in [-0.25, -0.2) is 22.7 Å². The Morgan fingerprint density at radius 2 is 1.89 bits per heavy atom. The van der Waals surface area contributed by atoms with E-state index < -0.39 is 71.9 Å². The molecule has 3 aromatic rings. The summed E-state index contributed by atoms with van der Waals surface area (Å²) in [6.45, 7) is 0.743. The third-order valence-electron chi connectivity index (χ3n) is 6.52. The summed E-state index contributed by atoms with van der Waals surface area (Å²) in [6, 6.07) is 0.916. The van der Waals surface area contributed by atoms with Crippen LogP contribution in [0.4, 0.5) is 32.2 Å². The van der Waals surface area contributed by atoms with Crippen molar-refractivity contribution in [3.05, 3.63) is 41.5 Å². The van der Waals surface area contributed by atoms with Gasteiger partial charge in [0.25, 0.3) is 11.8 Å². The van der Waals surface area contributed by atoms with Crippen LogP contribution in [0.5, 0.6) is 0 Å². The molecule has 196 valence electrons. The average molecular weight is 527 g/mol. The third kappa shape index (κ3) is 4.31. The number of aryl methyl sites for hydroxylation is 1. The SMILES string of the molecule is Cc1ncc(-c2cc(C(F)(F)F)c3c(N)ncnn23)cc1C(=O)N[C@@H]1CN(C(=O)C2CC2(F)F)C[C@@H]1F. The Morgan fingerprint density at radius 1 is 1.19 bits per heavy atom. The van der Waals surface area contributed by atoms with Crippen LogP contribution in [-0.2, 0) is 11.0 Å². The lowest BCUT2D eigenvalue weighted by Gasteiger charge is -2.17. The van der Waals surface area contributed by atoms with Gasteiger partial charge >= 0.3 is 6.18 Å². The number of anilines is 1. The molecule has 1 aliphatic heterocycles. The van der Waals surface area contributed by atoms with Crippen molar-refractivity contribution in [2.45, 2.75) is 37.7 Å². The highest BCUT2D eigenvalue weighted by molar-refractivity contribution is 5.97. The Kier molecular flexibility index (Phi) is 5.56. The van der Waals surface area contributed by atoms with Crippen LogP contribution >= 0.6 is 0 Å². The molecule has 0 bridgehead atoms. The second-order valence-corrected chi connectivity index (χ2v) is 9.06. The van der Waals surface area contributed by atoms with Gasteiger partial charge in [-0.1, -0.05) is 0 Å². The van der Waals surface area contributed by atoms with Crippen molar-refractivity contribution in [3.8, 4) is 11.3 Å². The first kappa shape index (κ1) is 24.8. The summed E-state index contributed by atoms with van der Waals surface area (Å²) in [5.74, 6) is -6.64. The summed E-state index contributed by atoms with van der Waals surface area (Å²) >= 11 is 0. The van der Waals surface area contributed by atoms with Gasteiger partial charge in [0.05, 0.1) is 35.1 Å². The number of fused-ring (bicyclic) bond motifs is 1. The van der Waals surface area contributed by atoms with Crippen molar-refractivity contribution in [2.75, 3.05) is 18.8 Å². The molecule has 1 saturated heterocycles. The average Bonchev–Trinajstić information content (AvgIpc) is 3.13. The number of nitrogens with two attached hydrogens (primary N) is 1. The van der Waals surface area contributed by atoms with Crippen LogP contribution in [-0.4, -0.2) is 67.5 Å². The number of pyridine rings is 1. The van der Waals surface area contributed by atoms with Gasteiger partial charge in [-0.15, -0.1) is 0 Å². The van der Waals surface area contributed by atoms with Crippen LogP contribution in [0, 0.1) is 12.8 Å². The maximum absolute atomic E-state index is 14.6. The summed E-state index contributed by atoms with van der Waals surface area (Å²) in [5, 5.41) is 6.29. The Balaban J connectivity index is 1.41. The number of hydrogen-bond acceptors (Lipinski definition) is 6. The fourth-order valence-corrected chi connectivity index (χ4v) is 4.42. The highest BCUT2D eigenvalue weighted by Gasteiger charge is 2.63. The predicted molar refractivity (Wildman–Crippen MR) is 116 cm³/mol. The number of nitrogens with one attached hydrogen (secondary N) is 1. The fraction of sp³-hybridized carbons (Fsp3) is 0.409. The minimum absolute atomic E-state index is 0.0614. The van der Waals surface area contributed by atoms with E-state index in [9.17, 15) is 35.9 Å². The van der Waals surface area contributed by atoms with Gasteiger partial charge in [0.1, 0.15) is 23.9 Å². The van der Waals surface area contributed by atoms with Crippen molar-refractivity contribution in [1.29, 1.82) is 0 Å². The number of likely N-dealkylation sites (tertiary alicyclic amines) is 1. The number of nitrogen functional groups attached to an aromatic ring is 1. The van der Waals surface area contributed by atoms with Gasteiger partial charge in [0.15, 0.2) is 5.82 Å². The Morgan fingerprint density at radius 3 is 2.54 bits per heavy atom.